The van der Waals surface area contributed by atoms with Crippen molar-refractivity contribution >= 4 is 28.3 Å². The Kier molecular flexibility index (Phi) is 6.49. The van der Waals surface area contributed by atoms with E-state index in [-0.39, 0.29) is 12.4 Å². The molecule has 2 nitrogen and oxygen atoms in total. The molecule has 0 aliphatic carbocycles. The molecule has 0 saturated carbocycles. The van der Waals surface area contributed by atoms with Crippen molar-refractivity contribution in [2.24, 2.45) is 0 Å². The van der Waals surface area contributed by atoms with E-state index in [1.165, 1.54) is 28.6 Å². The second-order valence-corrected chi connectivity index (χ2v) is 5.32. The van der Waals surface area contributed by atoms with Gasteiger partial charge in [-0.3, -0.25) is 4.90 Å². The van der Waals surface area contributed by atoms with Crippen molar-refractivity contribution in [2.75, 3.05) is 26.2 Å². The standard InChI is InChI=1S/C13H19BrN2.ClH/c1-11-3-4-12(9-13(11)14)10-16-7-2-5-15-6-8-16;/h3-4,9,15H,2,5-8,10H2,1H3;1H. The van der Waals surface area contributed by atoms with Gasteiger partial charge in [0, 0.05) is 24.1 Å². The van der Waals surface area contributed by atoms with Gasteiger partial charge in [-0.05, 0) is 43.6 Å². The van der Waals surface area contributed by atoms with Crippen LogP contribution in [0.4, 0.5) is 0 Å². The van der Waals surface area contributed by atoms with Gasteiger partial charge in [0.05, 0.1) is 0 Å². The van der Waals surface area contributed by atoms with Crippen LogP contribution < -0.4 is 5.32 Å². The Morgan fingerprint density at radius 1 is 1.29 bits per heavy atom. The van der Waals surface area contributed by atoms with E-state index in [4.69, 9.17) is 0 Å². The summed E-state index contributed by atoms with van der Waals surface area (Å²) in [6.07, 6.45) is 1.26. The Labute approximate surface area is 118 Å². The monoisotopic (exact) mass is 318 g/mol. The maximum Gasteiger partial charge on any atom is 0.0234 e. The number of hydrogen-bond acceptors (Lipinski definition) is 2. The first kappa shape index (κ1) is 15.0. The fourth-order valence-corrected chi connectivity index (χ4v) is 2.48. The van der Waals surface area contributed by atoms with Crippen LogP contribution in [-0.2, 0) is 6.54 Å². The Morgan fingerprint density at radius 2 is 2.12 bits per heavy atom. The second kappa shape index (κ2) is 7.37. The van der Waals surface area contributed by atoms with Crippen LogP contribution >= 0.6 is 28.3 Å². The molecule has 1 aliphatic rings. The molecule has 0 spiro atoms. The molecule has 17 heavy (non-hydrogen) atoms. The van der Waals surface area contributed by atoms with Crippen LogP contribution in [0, 0.1) is 6.92 Å². The first-order valence-corrected chi connectivity index (χ1v) is 6.73. The van der Waals surface area contributed by atoms with Crippen LogP contribution in [-0.4, -0.2) is 31.1 Å². The largest absolute Gasteiger partial charge is 0.315 e. The summed E-state index contributed by atoms with van der Waals surface area (Å²) in [5, 5.41) is 3.43. The van der Waals surface area contributed by atoms with E-state index in [2.05, 4.69) is 51.3 Å². The molecule has 1 N–H and O–H groups in total. The van der Waals surface area contributed by atoms with Gasteiger partial charge in [-0.2, -0.15) is 0 Å². The zero-order chi connectivity index (χ0) is 11.4. The highest BCUT2D eigenvalue weighted by molar-refractivity contribution is 9.10. The fraction of sp³-hybridized carbons (Fsp3) is 0.538. The number of hydrogen-bond donors (Lipinski definition) is 1. The van der Waals surface area contributed by atoms with Gasteiger partial charge in [0.25, 0.3) is 0 Å². The molecule has 2 rings (SSSR count). The SMILES string of the molecule is Cc1ccc(CN2CCCNCC2)cc1Br.Cl. The van der Waals surface area contributed by atoms with E-state index in [1.807, 2.05) is 0 Å². The highest BCUT2D eigenvalue weighted by Crippen LogP contribution is 2.18. The molecule has 0 radical (unpaired) electrons. The molecule has 0 amide bonds. The predicted octanol–water partition coefficient (Wildman–Crippen LogP) is 2.97. The number of nitrogens with zero attached hydrogens (tertiary/aromatic N) is 1. The lowest BCUT2D eigenvalue weighted by atomic mass is 10.1. The molecular formula is C13H20BrClN2. The fourth-order valence-electron chi connectivity index (χ4n) is 2.05. The van der Waals surface area contributed by atoms with Gasteiger partial charge >= 0.3 is 0 Å². The lowest BCUT2D eigenvalue weighted by Crippen LogP contribution is -2.27. The molecular weight excluding hydrogens is 300 g/mol. The van der Waals surface area contributed by atoms with Gasteiger partial charge in [-0.1, -0.05) is 28.1 Å². The highest BCUT2D eigenvalue weighted by Gasteiger charge is 2.09. The van der Waals surface area contributed by atoms with Crippen molar-refractivity contribution in [3.05, 3.63) is 33.8 Å². The molecule has 0 aromatic heterocycles. The van der Waals surface area contributed by atoms with Gasteiger partial charge in [-0.25, -0.2) is 0 Å². The summed E-state index contributed by atoms with van der Waals surface area (Å²) in [5.74, 6) is 0. The third kappa shape index (κ3) is 4.59. The average Bonchev–Trinajstić information content (AvgIpc) is 2.52. The zero-order valence-electron chi connectivity index (χ0n) is 10.2. The summed E-state index contributed by atoms with van der Waals surface area (Å²) in [6, 6.07) is 6.67. The lowest BCUT2D eigenvalue weighted by molar-refractivity contribution is 0.284. The van der Waals surface area contributed by atoms with Crippen LogP contribution in [0.15, 0.2) is 22.7 Å². The van der Waals surface area contributed by atoms with Crippen molar-refractivity contribution < 1.29 is 0 Å². The summed E-state index contributed by atoms with van der Waals surface area (Å²) in [6.45, 7) is 7.84. The number of halogens is 2. The number of nitrogens with one attached hydrogen (secondary N) is 1. The highest BCUT2D eigenvalue weighted by atomic mass is 79.9. The van der Waals surface area contributed by atoms with Crippen LogP contribution in [0.25, 0.3) is 0 Å². The van der Waals surface area contributed by atoms with Gasteiger partial charge in [0.15, 0.2) is 0 Å². The molecule has 0 atom stereocenters. The lowest BCUT2D eigenvalue weighted by Gasteiger charge is -2.19. The van der Waals surface area contributed by atoms with Gasteiger partial charge in [0.1, 0.15) is 0 Å². The Balaban J connectivity index is 0.00000144. The first-order chi connectivity index (χ1) is 7.75. The van der Waals surface area contributed by atoms with E-state index in [0.29, 0.717) is 0 Å². The Morgan fingerprint density at radius 3 is 2.88 bits per heavy atom. The van der Waals surface area contributed by atoms with Gasteiger partial charge in [0.2, 0.25) is 0 Å². The number of benzene rings is 1. The Bertz CT molecular complexity index is 349. The van der Waals surface area contributed by atoms with Crippen LogP contribution in [0.5, 0.6) is 0 Å². The Hall–Kier alpha value is -0.0900. The second-order valence-electron chi connectivity index (χ2n) is 4.46. The first-order valence-electron chi connectivity index (χ1n) is 5.94. The smallest absolute Gasteiger partial charge is 0.0234 e. The molecule has 1 saturated heterocycles. The molecule has 96 valence electrons. The average molecular weight is 320 g/mol. The van der Waals surface area contributed by atoms with E-state index < -0.39 is 0 Å². The van der Waals surface area contributed by atoms with E-state index in [9.17, 15) is 0 Å². The third-order valence-electron chi connectivity index (χ3n) is 3.08. The molecule has 1 aliphatic heterocycles. The van der Waals surface area contributed by atoms with Gasteiger partial charge in [-0.15, -0.1) is 12.4 Å². The summed E-state index contributed by atoms with van der Waals surface area (Å²) in [7, 11) is 0. The summed E-state index contributed by atoms with van der Waals surface area (Å²) < 4.78 is 1.22. The normalized spacial score (nSPS) is 17.3. The van der Waals surface area contributed by atoms with E-state index >= 15 is 0 Å². The van der Waals surface area contributed by atoms with Gasteiger partial charge < -0.3 is 5.32 Å². The van der Waals surface area contributed by atoms with Crippen molar-refractivity contribution in [3.8, 4) is 0 Å². The molecule has 1 fully saturated rings. The van der Waals surface area contributed by atoms with Crippen molar-refractivity contribution in [2.45, 2.75) is 19.9 Å². The predicted molar refractivity (Wildman–Crippen MR) is 78.9 cm³/mol. The van der Waals surface area contributed by atoms with E-state index in [1.54, 1.807) is 0 Å². The van der Waals surface area contributed by atoms with Crippen LogP contribution in [0.3, 0.4) is 0 Å². The summed E-state index contributed by atoms with van der Waals surface area (Å²) >= 11 is 3.60. The maximum absolute atomic E-state index is 3.60. The molecule has 1 heterocycles. The summed E-state index contributed by atoms with van der Waals surface area (Å²) in [5.41, 5.74) is 2.71. The van der Waals surface area contributed by atoms with E-state index in [0.717, 1.165) is 26.2 Å². The summed E-state index contributed by atoms with van der Waals surface area (Å²) in [4.78, 5) is 2.52. The maximum atomic E-state index is 3.60. The van der Waals surface area contributed by atoms with Crippen LogP contribution in [0.2, 0.25) is 0 Å². The molecule has 4 heteroatoms. The molecule has 1 aromatic rings. The third-order valence-corrected chi connectivity index (χ3v) is 3.93. The molecule has 0 bridgehead atoms. The molecule has 0 unspecified atom stereocenters. The topological polar surface area (TPSA) is 15.3 Å². The number of rotatable bonds is 2. The van der Waals surface area contributed by atoms with Crippen molar-refractivity contribution in [1.82, 2.24) is 10.2 Å². The van der Waals surface area contributed by atoms with Crippen molar-refractivity contribution in [3.63, 3.8) is 0 Å². The zero-order valence-corrected chi connectivity index (χ0v) is 12.6. The minimum atomic E-state index is 0. The quantitative estimate of drug-likeness (QED) is 0.901. The number of aryl methyl sites for hydroxylation is 1. The minimum absolute atomic E-state index is 0. The minimum Gasteiger partial charge on any atom is -0.315 e. The van der Waals surface area contributed by atoms with Crippen LogP contribution in [0.1, 0.15) is 17.5 Å². The van der Waals surface area contributed by atoms with Crippen molar-refractivity contribution in [1.29, 1.82) is 0 Å². The molecule has 1 aromatic carbocycles.